The number of carboxylic acid groups (broad SMARTS) is 1. The summed E-state index contributed by atoms with van der Waals surface area (Å²) in [7, 11) is 0. The van der Waals surface area contributed by atoms with Crippen LogP contribution in [0.4, 0.5) is 0 Å². The van der Waals surface area contributed by atoms with Gasteiger partial charge in [0.25, 0.3) is 0 Å². The summed E-state index contributed by atoms with van der Waals surface area (Å²) in [5.41, 5.74) is -0.437. The normalized spacial score (nSPS) is 32.7. The zero-order valence-corrected chi connectivity index (χ0v) is 26.9. The standard InChI is InChI=1S/C34H54O8/c1-9-25(31-21(6)18-34(11-3,42-31)26-16-17-33(40,10-2)23(8)41-26)30(37)22(7)28(35)19(4)12-14-24-15-13-20(5)29(36)27(24)32(38)39/h13,15,19,21-23,25-26,28,31,35-36,40H,9-12,14,16-18H2,1-8H3,(H,38,39)/t19-,21+,22+,23+,25+,26-,28-,31+,33+,34+/m0/s1. The van der Waals surface area contributed by atoms with E-state index in [2.05, 4.69) is 13.8 Å². The average Bonchev–Trinajstić information content (AvgIpc) is 3.31. The third-order valence-electron chi connectivity index (χ3n) is 10.7. The van der Waals surface area contributed by atoms with Crippen LogP contribution < -0.4 is 0 Å². The molecule has 1 aromatic rings. The molecule has 238 valence electrons. The van der Waals surface area contributed by atoms with Gasteiger partial charge in [0, 0.05) is 11.8 Å². The Bertz CT molecular complexity index is 1100. The summed E-state index contributed by atoms with van der Waals surface area (Å²) in [5, 5.41) is 42.1. The molecule has 8 nitrogen and oxygen atoms in total. The van der Waals surface area contributed by atoms with Crippen LogP contribution in [-0.2, 0) is 20.7 Å². The van der Waals surface area contributed by atoms with Crippen molar-refractivity contribution >= 4 is 11.8 Å². The van der Waals surface area contributed by atoms with Crippen LogP contribution in [0.5, 0.6) is 5.75 Å². The van der Waals surface area contributed by atoms with Gasteiger partial charge in [-0.1, -0.05) is 53.7 Å². The van der Waals surface area contributed by atoms with Crippen molar-refractivity contribution in [3.63, 3.8) is 0 Å². The van der Waals surface area contributed by atoms with Gasteiger partial charge in [0.05, 0.1) is 35.6 Å². The molecule has 2 saturated heterocycles. The molecule has 2 fully saturated rings. The number of phenols is 1. The number of benzene rings is 1. The number of aromatic hydroxyl groups is 1. The van der Waals surface area contributed by atoms with Crippen molar-refractivity contribution in [3.05, 3.63) is 28.8 Å². The minimum Gasteiger partial charge on any atom is -0.507 e. The number of ketones is 1. The Morgan fingerprint density at radius 2 is 1.79 bits per heavy atom. The first-order valence-corrected chi connectivity index (χ1v) is 16.0. The number of Topliss-reactive ketones (excluding diaryl/α,β-unsaturated/α-hetero) is 1. The highest BCUT2D eigenvalue weighted by atomic mass is 16.6. The van der Waals surface area contributed by atoms with Crippen molar-refractivity contribution in [3.8, 4) is 5.75 Å². The zero-order chi connectivity index (χ0) is 31.6. The Balaban J connectivity index is 1.69. The molecule has 4 N–H and O–H groups in total. The van der Waals surface area contributed by atoms with Gasteiger partial charge in [-0.2, -0.15) is 0 Å². The van der Waals surface area contributed by atoms with E-state index < -0.39 is 29.2 Å². The molecule has 3 rings (SSSR count). The summed E-state index contributed by atoms with van der Waals surface area (Å²) in [6.07, 6.45) is 3.34. The minimum absolute atomic E-state index is 0.0157. The van der Waals surface area contributed by atoms with Gasteiger partial charge >= 0.3 is 5.97 Å². The van der Waals surface area contributed by atoms with E-state index in [1.807, 2.05) is 27.7 Å². The van der Waals surface area contributed by atoms with E-state index in [0.717, 1.165) is 12.8 Å². The molecule has 42 heavy (non-hydrogen) atoms. The molecule has 2 heterocycles. The maximum Gasteiger partial charge on any atom is 0.339 e. The molecule has 10 atom stereocenters. The second kappa shape index (κ2) is 13.7. The van der Waals surface area contributed by atoms with Crippen molar-refractivity contribution < 1.29 is 39.5 Å². The highest BCUT2D eigenvalue weighted by molar-refractivity contribution is 5.93. The molecule has 0 saturated carbocycles. The highest BCUT2D eigenvalue weighted by Gasteiger charge is 2.55. The summed E-state index contributed by atoms with van der Waals surface area (Å²) in [6.45, 7) is 15.4. The first kappa shape index (κ1) is 34.5. The molecule has 2 aliphatic rings. The second-order valence-corrected chi connectivity index (χ2v) is 13.2. The van der Waals surface area contributed by atoms with Crippen molar-refractivity contribution in [2.75, 3.05) is 0 Å². The number of ether oxygens (including phenoxy) is 2. The van der Waals surface area contributed by atoms with Crippen LogP contribution in [0.25, 0.3) is 0 Å². The SMILES string of the molecule is CC[C@H](C(=O)[C@H](C)[C@@H](O)[C@@H](C)CCc1ccc(C)c(O)c1C(=O)O)[C@@H]1O[C@@](CC)([C@@H]2CC[C@](O)(CC)[C@@H](C)O2)C[C@H]1C. The fourth-order valence-corrected chi connectivity index (χ4v) is 7.45. The maximum absolute atomic E-state index is 13.9. The summed E-state index contributed by atoms with van der Waals surface area (Å²) < 4.78 is 13.2. The molecule has 0 bridgehead atoms. The van der Waals surface area contributed by atoms with E-state index in [0.29, 0.717) is 49.7 Å². The lowest BCUT2D eigenvalue weighted by Gasteiger charge is -2.47. The van der Waals surface area contributed by atoms with Gasteiger partial charge in [0.1, 0.15) is 17.1 Å². The van der Waals surface area contributed by atoms with Gasteiger partial charge in [-0.25, -0.2) is 4.79 Å². The third kappa shape index (κ3) is 6.72. The Labute approximate surface area is 251 Å². The molecule has 1 aromatic carbocycles. The van der Waals surface area contributed by atoms with Gasteiger partial charge in [0.2, 0.25) is 0 Å². The summed E-state index contributed by atoms with van der Waals surface area (Å²) in [6, 6.07) is 3.40. The topological polar surface area (TPSA) is 134 Å². The number of rotatable bonds is 13. The smallest absolute Gasteiger partial charge is 0.339 e. The lowest BCUT2D eigenvalue weighted by molar-refractivity contribution is -0.229. The fraction of sp³-hybridized carbons (Fsp3) is 0.765. The van der Waals surface area contributed by atoms with Crippen molar-refractivity contribution in [2.24, 2.45) is 23.7 Å². The van der Waals surface area contributed by atoms with Crippen LogP contribution in [0.1, 0.15) is 115 Å². The maximum atomic E-state index is 13.9. The second-order valence-electron chi connectivity index (χ2n) is 13.2. The van der Waals surface area contributed by atoms with E-state index in [1.54, 1.807) is 26.0 Å². The summed E-state index contributed by atoms with van der Waals surface area (Å²) in [4.78, 5) is 25.7. The average molecular weight is 591 g/mol. The first-order chi connectivity index (χ1) is 19.7. The number of aromatic carboxylic acids is 1. The number of carboxylic acids is 1. The highest BCUT2D eigenvalue weighted by Crippen LogP contribution is 2.48. The molecule has 0 aliphatic carbocycles. The van der Waals surface area contributed by atoms with E-state index in [1.165, 1.54) is 0 Å². The zero-order valence-electron chi connectivity index (χ0n) is 26.9. The Morgan fingerprint density at radius 3 is 2.33 bits per heavy atom. The molecule has 0 radical (unpaired) electrons. The van der Waals surface area contributed by atoms with Gasteiger partial charge in [-0.05, 0) is 88.2 Å². The van der Waals surface area contributed by atoms with Crippen LogP contribution in [0.15, 0.2) is 12.1 Å². The largest absolute Gasteiger partial charge is 0.507 e. The number of aryl methyl sites for hydroxylation is 2. The Hall–Kier alpha value is -2.00. The van der Waals surface area contributed by atoms with Gasteiger partial charge in [-0.15, -0.1) is 0 Å². The monoisotopic (exact) mass is 590 g/mol. The molecule has 8 heteroatoms. The van der Waals surface area contributed by atoms with Crippen molar-refractivity contribution in [1.29, 1.82) is 0 Å². The van der Waals surface area contributed by atoms with E-state index >= 15 is 0 Å². The Morgan fingerprint density at radius 1 is 1.12 bits per heavy atom. The quantitative estimate of drug-likeness (QED) is 0.225. The van der Waals surface area contributed by atoms with Crippen LogP contribution in [0.2, 0.25) is 0 Å². The fourth-order valence-electron chi connectivity index (χ4n) is 7.45. The predicted molar refractivity (Wildman–Crippen MR) is 162 cm³/mol. The molecular weight excluding hydrogens is 536 g/mol. The van der Waals surface area contributed by atoms with Gasteiger partial charge in [-0.3, -0.25) is 4.79 Å². The summed E-state index contributed by atoms with van der Waals surface area (Å²) >= 11 is 0. The van der Waals surface area contributed by atoms with Crippen LogP contribution in [-0.4, -0.2) is 67.8 Å². The van der Waals surface area contributed by atoms with Crippen molar-refractivity contribution in [1.82, 2.24) is 0 Å². The third-order valence-corrected chi connectivity index (χ3v) is 10.7. The number of hydrogen-bond acceptors (Lipinski definition) is 7. The van der Waals surface area contributed by atoms with E-state index in [-0.39, 0.29) is 53.2 Å². The summed E-state index contributed by atoms with van der Waals surface area (Å²) in [5.74, 6) is -2.55. The van der Waals surface area contributed by atoms with Crippen molar-refractivity contribution in [2.45, 2.75) is 142 Å². The molecule has 0 aromatic heterocycles. The van der Waals surface area contributed by atoms with E-state index in [4.69, 9.17) is 9.47 Å². The van der Waals surface area contributed by atoms with Crippen LogP contribution >= 0.6 is 0 Å². The number of carbonyl (C=O) groups excluding carboxylic acids is 1. The predicted octanol–water partition coefficient (Wildman–Crippen LogP) is 5.84. The lowest BCUT2D eigenvalue weighted by atomic mass is 9.76. The Kier molecular flexibility index (Phi) is 11.3. The number of hydrogen-bond donors (Lipinski definition) is 4. The molecular formula is C34H54O8. The number of carbonyl (C=O) groups is 2. The minimum atomic E-state index is -1.18. The molecule has 0 spiro atoms. The molecule has 0 amide bonds. The number of aliphatic hydroxyl groups excluding tert-OH is 1. The lowest BCUT2D eigenvalue weighted by Crippen LogP contribution is -2.55. The van der Waals surface area contributed by atoms with Gasteiger partial charge in [0.15, 0.2) is 0 Å². The number of aliphatic hydroxyl groups is 2. The first-order valence-electron chi connectivity index (χ1n) is 16.0. The van der Waals surface area contributed by atoms with Crippen LogP contribution in [0, 0.1) is 30.6 Å². The van der Waals surface area contributed by atoms with Crippen LogP contribution in [0.3, 0.4) is 0 Å². The molecule has 2 aliphatic heterocycles. The van der Waals surface area contributed by atoms with Gasteiger partial charge < -0.3 is 29.9 Å². The molecule has 0 unspecified atom stereocenters. The van der Waals surface area contributed by atoms with E-state index in [9.17, 15) is 30.0 Å².